The zero-order valence-corrected chi connectivity index (χ0v) is 7.54. The highest BCUT2D eigenvalue weighted by atomic mass is 19.1. The molecule has 2 rings (SSSR count). The standard InChI is InChI=1S/C12H13F/c13-12-8-6-11(7-9-12)10-4-2-1-3-5-10/h2,4,6-10H,1,3,5H2. The van der Waals surface area contributed by atoms with E-state index in [-0.39, 0.29) is 5.82 Å². The molecule has 1 aromatic rings. The second-order valence-electron chi connectivity index (χ2n) is 3.52. The van der Waals surface area contributed by atoms with Crippen molar-refractivity contribution < 1.29 is 4.39 Å². The molecule has 1 atom stereocenters. The van der Waals surface area contributed by atoms with Crippen molar-refractivity contribution in [3.05, 3.63) is 47.8 Å². The van der Waals surface area contributed by atoms with Gasteiger partial charge in [0.05, 0.1) is 0 Å². The van der Waals surface area contributed by atoms with E-state index in [0.29, 0.717) is 5.92 Å². The summed E-state index contributed by atoms with van der Waals surface area (Å²) < 4.78 is 12.6. The van der Waals surface area contributed by atoms with Gasteiger partial charge in [-0.25, -0.2) is 4.39 Å². The van der Waals surface area contributed by atoms with Crippen molar-refractivity contribution in [2.45, 2.75) is 25.2 Å². The third-order valence-electron chi connectivity index (χ3n) is 2.55. The van der Waals surface area contributed by atoms with E-state index in [9.17, 15) is 4.39 Å². The Morgan fingerprint density at radius 2 is 1.92 bits per heavy atom. The van der Waals surface area contributed by atoms with Crippen LogP contribution in [0.2, 0.25) is 0 Å². The fraction of sp³-hybridized carbons (Fsp3) is 0.333. The predicted molar refractivity (Wildman–Crippen MR) is 52.1 cm³/mol. The minimum Gasteiger partial charge on any atom is -0.207 e. The maximum atomic E-state index is 12.6. The maximum Gasteiger partial charge on any atom is 0.123 e. The number of halogens is 1. The molecule has 13 heavy (non-hydrogen) atoms. The Bertz CT molecular complexity index is 297. The zero-order chi connectivity index (χ0) is 9.10. The molecule has 0 aliphatic heterocycles. The van der Waals surface area contributed by atoms with Gasteiger partial charge in [0.2, 0.25) is 0 Å². The summed E-state index contributed by atoms with van der Waals surface area (Å²) in [7, 11) is 0. The van der Waals surface area contributed by atoms with Crippen molar-refractivity contribution in [2.75, 3.05) is 0 Å². The molecule has 0 saturated carbocycles. The molecule has 1 unspecified atom stereocenters. The largest absolute Gasteiger partial charge is 0.207 e. The van der Waals surface area contributed by atoms with E-state index in [0.717, 1.165) is 0 Å². The lowest BCUT2D eigenvalue weighted by molar-refractivity contribution is 0.621. The molecule has 0 radical (unpaired) electrons. The van der Waals surface area contributed by atoms with E-state index in [1.54, 1.807) is 0 Å². The van der Waals surface area contributed by atoms with Gasteiger partial charge in [-0.1, -0.05) is 24.3 Å². The zero-order valence-electron chi connectivity index (χ0n) is 7.54. The third kappa shape index (κ3) is 1.97. The van der Waals surface area contributed by atoms with E-state index in [4.69, 9.17) is 0 Å². The minimum absolute atomic E-state index is 0.150. The molecule has 0 fully saturated rings. The van der Waals surface area contributed by atoms with E-state index in [2.05, 4.69) is 12.2 Å². The summed E-state index contributed by atoms with van der Waals surface area (Å²) >= 11 is 0. The summed E-state index contributed by atoms with van der Waals surface area (Å²) in [4.78, 5) is 0. The highest BCUT2D eigenvalue weighted by Gasteiger charge is 2.10. The number of hydrogen-bond donors (Lipinski definition) is 0. The average molecular weight is 176 g/mol. The van der Waals surface area contributed by atoms with Gasteiger partial charge in [-0.15, -0.1) is 0 Å². The SMILES string of the molecule is Fc1ccc(C2C=CCCC2)cc1. The minimum atomic E-state index is -0.150. The summed E-state index contributed by atoms with van der Waals surface area (Å²) in [6.07, 6.45) is 8.09. The molecule has 1 aliphatic rings. The first-order valence-corrected chi connectivity index (χ1v) is 4.78. The van der Waals surface area contributed by atoms with Gasteiger partial charge in [0.25, 0.3) is 0 Å². The summed E-state index contributed by atoms with van der Waals surface area (Å²) in [6, 6.07) is 6.85. The lowest BCUT2D eigenvalue weighted by atomic mass is 9.89. The van der Waals surface area contributed by atoms with Gasteiger partial charge in [0.15, 0.2) is 0 Å². The van der Waals surface area contributed by atoms with Crippen LogP contribution in [0.5, 0.6) is 0 Å². The number of rotatable bonds is 1. The van der Waals surface area contributed by atoms with Crippen LogP contribution in [-0.4, -0.2) is 0 Å². The number of allylic oxidation sites excluding steroid dienone is 2. The smallest absolute Gasteiger partial charge is 0.123 e. The van der Waals surface area contributed by atoms with Crippen molar-refractivity contribution in [3.63, 3.8) is 0 Å². The van der Waals surface area contributed by atoms with Crippen LogP contribution < -0.4 is 0 Å². The monoisotopic (exact) mass is 176 g/mol. The van der Waals surface area contributed by atoms with Crippen LogP contribution in [0.3, 0.4) is 0 Å². The van der Waals surface area contributed by atoms with E-state index in [1.807, 2.05) is 12.1 Å². The van der Waals surface area contributed by atoms with Crippen LogP contribution in [0.25, 0.3) is 0 Å². The van der Waals surface area contributed by atoms with Gasteiger partial charge in [-0.2, -0.15) is 0 Å². The van der Waals surface area contributed by atoms with Gasteiger partial charge < -0.3 is 0 Å². The number of benzene rings is 1. The lowest BCUT2D eigenvalue weighted by Crippen LogP contribution is -1.98. The molecule has 0 saturated heterocycles. The topological polar surface area (TPSA) is 0 Å². The Kier molecular flexibility index (Phi) is 2.44. The summed E-state index contributed by atoms with van der Waals surface area (Å²) in [5.41, 5.74) is 1.23. The van der Waals surface area contributed by atoms with Crippen molar-refractivity contribution in [2.24, 2.45) is 0 Å². The van der Waals surface area contributed by atoms with Gasteiger partial charge in [0, 0.05) is 5.92 Å². The van der Waals surface area contributed by atoms with E-state index >= 15 is 0 Å². The van der Waals surface area contributed by atoms with Gasteiger partial charge >= 0.3 is 0 Å². The van der Waals surface area contributed by atoms with Gasteiger partial charge in [-0.3, -0.25) is 0 Å². The third-order valence-corrected chi connectivity index (χ3v) is 2.55. The first kappa shape index (κ1) is 8.49. The van der Waals surface area contributed by atoms with E-state index < -0.39 is 0 Å². The fourth-order valence-electron chi connectivity index (χ4n) is 1.80. The number of hydrogen-bond acceptors (Lipinski definition) is 0. The van der Waals surface area contributed by atoms with Crippen molar-refractivity contribution in [1.82, 2.24) is 0 Å². The van der Waals surface area contributed by atoms with Crippen LogP contribution in [-0.2, 0) is 0 Å². The lowest BCUT2D eigenvalue weighted by Gasteiger charge is -2.16. The Morgan fingerprint density at radius 1 is 1.15 bits per heavy atom. The first-order valence-electron chi connectivity index (χ1n) is 4.78. The molecule has 0 heterocycles. The molecule has 1 heteroatoms. The second-order valence-corrected chi connectivity index (χ2v) is 3.52. The van der Waals surface area contributed by atoms with Crippen LogP contribution >= 0.6 is 0 Å². The molecular formula is C12H13F. The molecule has 0 aromatic heterocycles. The van der Waals surface area contributed by atoms with Crippen LogP contribution in [0, 0.1) is 5.82 Å². The summed E-state index contributed by atoms with van der Waals surface area (Å²) in [6.45, 7) is 0. The fourth-order valence-corrected chi connectivity index (χ4v) is 1.80. The van der Waals surface area contributed by atoms with Crippen molar-refractivity contribution in [1.29, 1.82) is 0 Å². The predicted octanol–water partition coefficient (Wildman–Crippen LogP) is 3.65. The van der Waals surface area contributed by atoms with Gasteiger partial charge in [-0.05, 0) is 37.0 Å². The molecule has 0 N–H and O–H groups in total. The molecule has 0 nitrogen and oxygen atoms in total. The van der Waals surface area contributed by atoms with Crippen molar-refractivity contribution in [3.8, 4) is 0 Å². The Morgan fingerprint density at radius 3 is 2.54 bits per heavy atom. The Balaban J connectivity index is 2.19. The van der Waals surface area contributed by atoms with E-state index in [1.165, 1.54) is 37.0 Å². The second kappa shape index (κ2) is 3.73. The normalized spacial score (nSPS) is 21.8. The summed E-state index contributed by atoms with van der Waals surface area (Å²) in [5.74, 6) is 0.359. The molecule has 0 amide bonds. The molecule has 0 spiro atoms. The summed E-state index contributed by atoms with van der Waals surface area (Å²) in [5, 5.41) is 0. The Hall–Kier alpha value is -1.11. The van der Waals surface area contributed by atoms with Gasteiger partial charge in [0.1, 0.15) is 5.82 Å². The van der Waals surface area contributed by atoms with Crippen LogP contribution in [0.4, 0.5) is 4.39 Å². The average Bonchev–Trinajstić information content (AvgIpc) is 2.20. The first-order chi connectivity index (χ1) is 6.36. The maximum absolute atomic E-state index is 12.6. The molecule has 1 aliphatic carbocycles. The molecule has 1 aromatic carbocycles. The molecular weight excluding hydrogens is 163 g/mol. The quantitative estimate of drug-likeness (QED) is 0.573. The molecule has 68 valence electrons. The van der Waals surface area contributed by atoms with Crippen molar-refractivity contribution >= 4 is 0 Å². The van der Waals surface area contributed by atoms with Crippen LogP contribution in [0.15, 0.2) is 36.4 Å². The highest BCUT2D eigenvalue weighted by Crippen LogP contribution is 2.27. The van der Waals surface area contributed by atoms with Crippen LogP contribution in [0.1, 0.15) is 30.7 Å². The Labute approximate surface area is 78.1 Å². The molecule has 0 bridgehead atoms. The highest BCUT2D eigenvalue weighted by molar-refractivity contribution is 5.25.